The maximum absolute atomic E-state index is 6.05. The van der Waals surface area contributed by atoms with Crippen LogP contribution in [0.4, 0.5) is 11.4 Å². The van der Waals surface area contributed by atoms with Gasteiger partial charge in [-0.2, -0.15) is 0 Å². The lowest BCUT2D eigenvalue weighted by molar-refractivity contribution is 0.294. The van der Waals surface area contributed by atoms with Gasteiger partial charge in [0.1, 0.15) is 0 Å². The lowest BCUT2D eigenvalue weighted by atomic mass is 10.1. The van der Waals surface area contributed by atoms with Crippen molar-refractivity contribution < 1.29 is 0 Å². The van der Waals surface area contributed by atoms with Crippen LogP contribution in [-0.2, 0) is 0 Å². The van der Waals surface area contributed by atoms with Gasteiger partial charge in [0, 0.05) is 27.3 Å². The molecule has 4 rings (SSSR count). The van der Waals surface area contributed by atoms with Crippen LogP contribution < -0.4 is 15.9 Å². The molecule has 0 fully saturated rings. The van der Waals surface area contributed by atoms with Crippen molar-refractivity contribution in [1.29, 1.82) is 0 Å². The van der Waals surface area contributed by atoms with Gasteiger partial charge in [-0.05, 0) is 49.4 Å². The summed E-state index contributed by atoms with van der Waals surface area (Å²) in [6.45, 7) is 3.83. The van der Waals surface area contributed by atoms with E-state index in [1.807, 2.05) is 12.1 Å². The molecule has 2 aliphatic heterocycles. The Morgan fingerprint density at radius 3 is 2.65 bits per heavy atom. The zero-order valence-corrected chi connectivity index (χ0v) is 14.9. The summed E-state index contributed by atoms with van der Waals surface area (Å²) in [7, 11) is 0. The number of fused-ring (bicyclic) bond motifs is 3. The highest BCUT2D eigenvalue weighted by atomic mass is 79.9. The average Bonchev–Trinajstić information content (AvgIpc) is 2.82. The fourth-order valence-corrected chi connectivity index (χ4v) is 3.60. The highest BCUT2D eigenvalue weighted by Crippen LogP contribution is 2.39. The highest BCUT2D eigenvalue weighted by molar-refractivity contribution is 9.10. The minimum atomic E-state index is 0.753. The number of anilines is 2. The molecular weight excluding hydrogens is 376 g/mol. The van der Waals surface area contributed by atoms with Gasteiger partial charge in [-0.25, -0.2) is 0 Å². The number of allylic oxidation sites excluding steroid dienone is 1. The first-order chi connectivity index (χ1) is 11.1. The zero-order chi connectivity index (χ0) is 16.0. The number of nitrogens with one attached hydrogen (secondary N) is 2. The highest BCUT2D eigenvalue weighted by Gasteiger charge is 2.29. The van der Waals surface area contributed by atoms with Crippen molar-refractivity contribution in [1.82, 2.24) is 16.0 Å². The van der Waals surface area contributed by atoms with E-state index in [0.717, 1.165) is 34.0 Å². The first kappa shape index (κ1) is 14.9. The van der Waals surface area contributed by atoms with Gasteiger partial charge in [0.25, 0.3) is 0 Å². The van der Waals surface area contributed by atoms with Crippen LogP contribution in [-0.4, -0.2) is 18.1 Å². The Morgan fingerprint density at radius 2 is 1.87 bits per heavy atom. The summed E-state index contributed by atoms with van der Waals surface area (Å²) in [5, 5.41) is 2.92. The summed E-state index contributed by atoms with van der Waals surface area (Å²) >= 11 is 9.65. The van der Waals surface area contributed by atoms with Crippen molar-refractivity contribution in [2.24, 2.45) is 0 Å². The van der Waals surface area contributed by atoms with Crippen molar-refractivity contribution in [3.63, 3.8) is 0 Å². The van der Waals surface area contributed by atoms with E-state index in [9.17, 15) is 0 Å². The van der Waals surface area contributed by atoms with Gasteiger partial charge < -0.3 is 10.3 Å². The molecule has 2 heterocycles. The fourth-order valence-electron chi connectivity index (χ4n) is 3.12. The quantitative estimate of drug-likeness (QED) is 0.760. The Balaban J connectivity index is 1.89. The molecule has 0 aliphatic carbocycles. The van der Waals surface area contributed by atoms with E-state index in [1.165, 1.54) is 16.9 Å². The molecule has 2 aliphatic rings. The summed E-state index contributed by atoms with van der Waals surface area (Å²) < 4.78 is 1.07. The molecule has 23 heavy (non-hydrogen) atoms. The molecule has 2 aromatic carbocycles. The van der Waals surface area contributed by atoms with Crippen LogP contribution in [0.5, 0.6) is 0 Å². The van der Waals surface area contributed by atoms with E-state index in [4.69, 9.17) is 11.6 Å². The van der Waals surface area contributed by atoms with E-state index in [2.05, 4.69) is 74.1 Å². The molecule has 0 spiro atoms. The summed E-state index contributed by atoms with van der Waals surface area (Å²) in [5.41, 5.74) is 12.3. The number of nitrogens with zero attached hydrogens (tertiary/aromatic N) is 2. The van der Waals surface area contributed by atoms with Crippen LogP contribution in [0.3, 0.4) is 0 Å². The molecule has 6 heteroatoms. The first-order valence-electron chi connectivity index (χ1n) is 7.46. The zero-order valence-electron chi connectivity index (χ0n) is 12.6. The molecule has 4 nitrogen and oxygen atoms in total. The van der Waals surface area contributed by atoms with Gasteiger partial charge in [0.15, 0.2) is 0 Å². The predicted molar refractivity (Wildman–Crippen MR) is 98.2 cm³/mol. The van der Waals surface area contributed by atoms with Crippen LogP contribution in [0.15, 0.2) is 52.6 Å². The van der Waals surface area contributed by atoms with Gasteiger partial charge in [-0.1, -0.05) is 27.5 Å². The molecule has 0 saturated heterocycles. The summed E-state index contributed by atoms with van der Waals surface area (Å²) in [4.78, 5) is 2.33. The molecule has 0 aromatic heterocycles. The normalized spacial score (nSPS) is 16.8. The van der Waals surface area contributed by atoms with Crippen molar-refractivity contribution in [2.45, 2.75) is 6.92 Å². The average molecular weight is 392 g/mol. The molecule has 0 radical (unpaired) electrons. The lowest BCUT2D eigenvalue weighted by Gasteiger charge is -2.25. The van der Waals surface area contributed by atoms with Crippen molar-refractivity contribution in [3.05, 3.63) is 63.2 Å². The maximum atomic E-state index is 6.05. The molecule has 2 aromatic rings. The molecule has 0 atom stereocenters. The van der Waals surface area contributed by atoms with E-state index < -0.39 is 0 Å². The molecule has 2 N–H and O–H groups in total. The van der Waals surface area contributed by atoms with Crippen molar-refractivity contribution in [3.8, 4) is 0 Å². The SMILES string of the molecule is CC1=C2c3ccc(Br)cc3N(c3ccc(Cl)cc3)CCN2NN1. The van der Waals surface area contributed by atoms with E-state index >= 15 is 0 Å². The fraction of sp³-hybridized carbons (Fsp3) is 0.176. The third-order valence-electron chi connectivity index (χ3n) is 4.19. The smallest absolute Gasteiger partial charge is 0.0832 e. The predicted octanol–water partition coefficient (Wildman–Crippen LogP) is 4.27. The number of rotatable bonds is 1. The number of hydrogen-bond donors (Lipinski definition) is 2. The summed E-state index contributed by atoms with van der Waals surface area (Å²) in [6, 6.07) is 14.4. The number of halogens is 2. The third-order valence-corrected chi connectivity index (χ3v) is 4.94. The van der Waals surface area contributed by atoms with Crippen LogP contribution in [0.1, 0.15) is 12.5 Å². The molecule has 0 amide bonds. The Hall–Kier alpha value is -1.69. The molecule has 0 unspecified atom stereocenters. The largest absolute Gasteiger partial charge is 0.339 e. The molecular formula is C17H16BrClN4. The van der Waals surface area contributed by atoms with E-state index in [1.54, 1.807) is 0 Å². The Kier molecular flexibility index (Phi) is 3.71. The Labute approximate surface area is 148 Å². The Bertz CT molecular complexity index is 788. The van der Waals surface area contributed by atoms with E-state index in [-0.39, 0.29) is 0 Å². The van der Waals surface area contributed by atoms with Crippen molar-refractivity contribution in [2.75, 3.05) is 18.0 Å². The van der Waals surface area contributed by atoms with Crippen LogP contribution in [0, 0.1) is 0 Å². The van der Waals surface area contributed by atoms with Gasteiger partial charge >= 0.3 is 0 Å². The minimum Gasteiger partial charge on any atom is -0.339 e. The minimum absolute atomic E-state index is 0.753. The third kappa shape index (κ3) is 2.59. The molecule has 0 bridgehead atoms. The van der Waals surface area contributed by atoms with Crippen LogP contribution in [0.25, 0.3) is 5.70 Å². The van der Waals surface area contributed by atoms with Gasteiger partial charge in [0.2, 0.25) is 0 Å². The summed E-state index contributed by atoms with van der Waals surface area (Å²) in [5.74, 6) is 0. The topological polar surface area (TPSA) is 30.5 Å². The van der Waals surface area contributed by atoms with Gasteiger partial charge in [-0.15, -0.1) is 5.53 Å². The van der Waals surface area contributed by atoms with Gasteiger partial charge in [0.05, 0.1) is 23.6 Å². The second-order valence-corrected chi connectivity index (χ2v) is 7.00. The van der Waals surface area contributed by atoms with Crippen LogP contribution in [0.2, 0.25) is 5.02 Å². The number of hydrazine groups is 2. The number of benzene rings is 2. The lowest BCUT2D eigenvalue weighted by Crippen LogP contribution is -2.40. The summed E-state index contributed by atoms with van der Waals surface area (Å²) in [6.07, 6.45) is 0. The monoisotopic (exact) mass is 390 g/mol. The number of hydrogen-bond acceptors (Lipinski definition) is 4. The maximum Gasteiger partial charge on any atom is 0.0832 e. The standard InChI is InChI=1S/C17H16BrClN4/c1-11-17-15-7-2-12(18)10-16(15)22(8-9-23(17)21-20-11)14-5-3-13(19)4-6-14/h2-7,10,20-21H,8-9H2,1H3. The van der Waals surface area contributed by atoms with Gasteiger partial charge in [-0.3, -0.25) is 5.01 Å². The second kappa shape index (κ2) is 5.74. The molecule has 118 valence electrons. The van der Waals surface area contributed by atoms with Crippen LogP contribution >= 0.6 is 27.5 Å². The van der Waals surface area contributed by atoms with E-state index in [0.29, 0.717) is 0 Å². The second-order valence-electron chi connectivity index (χ2n) is 5.65. The van der Waals surface area contributed by atoms with Crippen molar-refractivity contribution >= 4 is 44.6 Å². The molecule has 0 saturated carbocycles. The first-order valence-corrected chi connectivity index (χ1v) is 8.64. The Morgan fingerprint density at radius 1 is 1.09 bits per heavy atom.